The average molecular weight is 533 g/mol. The summed E-state index contributed by atoms with van der Waals surface area (Å²) in [6, 6.07) is 9.60. The van der Waals surface area contributed by atoms with Gasteiger partial charge in [0.2, 0.25) is 5.91 Å². The SMILES string of the molecule is CC(C)(NC(=O)CC1(NC(=O)C2=CCC(c3ccc(F)cc3F)=C2)CN(C2CC3CC3C2)C1)c1ccccn1. The fourth-order valence-corrected chi connectivity index (χ4v) is 6.64. The van der Waals surface area contributed by atoms with Crippen LogP contribution in [0.2, 0.25) is 0 Å². The maximum absolute atomic E-state index is 14.3. The van der Waals surface area contributed by atoms with Gasteiger partial charge in [0.05, 0.1) is 23.2 Å². The van der Waals surface area contributed by atoms with Crippen LogP contribution in [0.15, 0.2) is 60.3 Å². The molecule has 204 valence electrons. The van der Waals surface area contributed by atoms with Crippen molar-refractivity contribution in [3.05, 3.63) is 83.2 Å². The first-order valence-corrected chi connectivity index (χ1v) is 13.8. The number of aromatic nitrogens is 1. The number of fused-ring (bicyclic) bond motifs is 1. The van der Waals surface area contributed by atoms with Gasteiger partial charge in [0.1, 0.15) is 11.6 Å². The lowest BCUT2D eigenvalue weighted by atomic mass is 9.83. The van der Waals surface area contributed by atoms with Crippen LogP contribution in [0.5, 0.6) is 0 Å². The fraction of sp³-hybridized carbons (Fsp3) is 0.452. The number of carbonyl (C=O) groups excluding carboxylic acids is 2. The summed E-state index contributed by atoms with van der Waals surface area (Å²) in [6.45, 7) is 5.08. The number of rotatable bonds is 8. The Hall–Kier alpha value is -3.39. The van der Waals surface area contributed by atoms with Crippen LogP contribution < -0.4 is 10.6 Å². The third kappa shape index (κ3) is 5.26. The first kappa shape index (κ1) is 25.9. The molecule has 2 aromatic rings. The Balaban J connectivity index is 1.15. The molecule has 2 saturated carbocycles. The van der Waals surface area contributed by atoms with E-state index in [0.29, 0.717) is 36.7 Å². The highest BCUT2D eigenvalue weighted by molar-refractivity contribution is 6.01. The molecule has 2 atom stereocenters. The number of nitrogens with one attached hydrogen (secondary N) is 2. The van der Waals surface area contributed by atoms with Gasteiger partial charge in [-0.1, -0.05) is 12.1 Å². The zero-order chi connectivity index (χ0) is 27.4. The first-order chi connectivity index (χ1) is 18.6. The number of amides is 2. The van der Waals surface area contributed by atoms with Gasteiger partial charge in [-0.15, -0.1) is 0 Å². The number of pyridine rings is 1. The van der Waals surface area contributed by atoms with Crippen LogP contribution in [0.3, 0.4) is 0 Å². The molecule has 3 fully saturated rings. The second kappa shape index (κ2) is 9.66. The molecule has 1 aliphatic heterocycles. The third-order valence-electron chi connectivity index (χ3n) is 8.79. The van der Waals surface area contributed by atoms with Crippen LogP contribution in [0.25, 0.3) is 5.57 Å². The number of likely N-dealkylation sites (tertiary alicyclic amines) is 1. The minimum Gasteiger partial charge on any atom is -0.346 e. The Labute approximate surface area is 227 Å². The van der Waals surface area contributed by atoms with Crippen LogP contribution in [0, 0.1) is 23.5 Å². The Morgan fingerprint density at radius 3 is 2.56 bits per heavy atom. The standard InChI is InChI=1S/C31H34F2N4O2/c1-30(2,27-5-3-4-10-34-27)35-28(38)16-31(17-37(18-31)24-13-21-12-22(21)14-24)36-29(39)20-7-6-19(11-20)25-9-8-23(32)15-26(25)33/h3-5,7-11,15,21-22,24H,6,12-14,16-18H2,1-2H3,(H,35,38)(H,36,39). The molecular weight excluding hydrogens is 498 g/mol. The molecule has 3 aliphatic carbocycles. The van der Waals surface area contributed by atoms with Crippen molar-refractivity contribution in [3.63, 3.8) is 0 Å². The molecule has 8 heteroatoms. The maximum atomic E-state index is 14.3. The van der Waals surface area contributed by atoms with Gasteiger partial charge >= 0.3 is 0 Å². The summed E-state index contributed by atoms with van der Waals surface area (Å²) in [5.41, 5.74) is 0.761. The van der Waals surface area contributed by atoms with Crippen molar-refractivity contribution < 1.29 is 18.4 Å². The van der Waals surface area contributed by atoms with Crippen molar-refractivity contribution in [2.75, 3.05) is 13.1 Å². The molecule has 2 N–H and O–H groups in total. The molecule has 0 spiro atoms. The van der Waals surface area contributed by atoms with E-state index in [9.17, 15) is 18.4 Å². The van der Waals surface area contributed by atoms with E-state index >= 15 is 0 Å². The largest absolute Gasteiger partial charge is 0.346 e. The molecule has 2 heterocycles. The van der Waals surface area contributed by atoms with E-state index in [1.807, 2.05) is 32.0 Å². The number of carbonyl (C=O) groups is 2. The van der Waals surface area contributed by atoms with E-state index in [-0.39, 0.29) is 23.8 Å². The monoisotopic (exact) mass is 532 g/mol. The highest BCUT2D eigenvalue weighted by Crippen LogP contribution is 2.54. The van der Waals surface area contributed by atoms with Crippen molar-refractivity contribution in [1.29, 1.82) is 0 Å². The van der Waals surface area contributed by atoms with Gasteiger partial charge in [0, 0.05) is 42.5 Å². The molecule has 39 heavy (non-hydrogen) atoms. The van der Waals surface area contributed by atoms with E-state index < -0.39 is 22.7 Å². The van der Waals surface area contributed by atoms with Crippen LogP contribution >= 0.6 is 0 Å². The summed E-state index contributed by atoms with van der Waals surface area (Å²) in [6.07, 6.45) is 9.40. The van der Waals surface area contributed by atoms with Crippen molar-refractivity contribution in [2.24, 2.45) is 11.8 Å². The lowest BCUT2D eigenvalue weighted by Crippen LogP contribution is -2.73. The molecule has 6 rings (SSSR count). The zero-order valence-electron chi connectivity index (χ0n) is 22.3. The number of hydrogen-bond acceptors (Lipinski definition) is 4. The van der Waals surface area contributed by atoms with E-state index in [1.165, 1.54) is 31.4 Å². The molecule has 6 nitrogen and oxygen atoms in total. The first-order valence-electron chi connectivity index (χ1n) is 13.8. The number of benzene rings is 1. The second-order valence-corrected chi connectivity index (χ2v) is 12.2. The van der Waals surface area contributed by atoms with Crippen molar-refractivity contribution in [1.82, 2.24) is 20.5 Å². The quantitative estimate of drug-likeness (QED) is 0.526. The van der Waals surface area contributed by atoms with Gasteiger partial charge in [-0.05, 0) is 87.3 Å². The maximum Gasteiger partial charge on any atom is 0.251 e. The molecule has 0 radical (unpaired) electrons. The number of hydrogen-bond donors (Lipinski definition) is 2. The van der Waals surface area contributed by atoms with Gasteiger partial charge in [-0.2, -0.15) is 0 Å². The van der Waals surface area contributed by atoms with Crippen LogP contribution in [-0.4, -0.2) is 46.4 Å². The topological polar surface area (TPSA) is 74.3 Å². The van der Waals surface area contributed by atoms with E-state index in [4.69, 9.17) is 0 Å². The molecule has 1 aromatic carbocycles. The summed E-state index contributed by atoms with van der Waals surface area (Å²) in [5.74, 6) is -0.0177. The highest BCUT2D eigenvalue weighted by atomic mass is 19.1. The normalized spacial score (nSPS) is 25.3. The van der Waals surface area contributed by atoms with E-state index in [2.05, 4.69) is 20.5 Å². The summed E-state index contributed by atoms with van der Waals surface area (Å²) in [4.78, 5) is 33.5. The molecule has 2 amide bonds. The minimum absolute atomic E-state index is 0.148. The minimum atomic E-state index is -0.688. The summed E-state index contributed by atoms with van der Waals surface area (Å²) >= 11 is 0. The molecule has 1 saturated heterocycles. The molecule has 4 aliphatic rings. The lowest BCUT2D eigenvalue weighted by molar-refractivity contribution is -0.130. The summed E-state index contributed by atoms with van der Waals surface area (Å²) in [7, 11) is 0. The van der Waals surface area contributed by atoms with Gasteiger partial charge in [0.25, 0.3) is 5.91 Å². The van der Waals surface area contributed by atoms with Crippen LogP contribution in [-0.2, 0) is 15.1 Å². The smallest absolute Gasteiger partial charge is 0.251 e. The Bertz CT molecular complexity index is 1350. The molecule has 1 aromatic heterocycles. The fourth-order valence-electron chi connectivity index (χ4n) is 6.64. The predicted molar refractivity (Wildman–Crippen MR) is 144 cm³/mol. The van der Waals surface area contributed by atoms with Crippen molar-refractivity contribution >= 4 is 17.4 Å². The van der Waals surface area contributed by atoms with E-state index in [0.717, 1.165) is 23.6 Å². The van der Waals surface area contributed by atoms with Crippen molar-refractivity contribution in [2.45, 2.75) is 63.1 Å². The lowest BCUT2D eigenvalue weighted by Gasteiger charge is -2.53. The van der Waals surface area contributed by atoms with Gasteiger partial charge in [0.15, 0.2) is 0 Å². The zero-order valence-corrected chi connectivity index (χ0v) is 22.3. The highest BCUT2D eigenvalue weighted by Gasteiger charge is 2.54. The van der Waals surface area contributed by atoms with Gasteiger partial charge in [-0.25, -0.2) is 8.78 Å². The number of allylic oxidation sites excluding steroid dienone is 2. The Morgan fingerprint density at radius 1 is 1.10 bits per heavy atom. The number of halogens is 2. The average Bonchev–Trinajstić information content (AvgIpc) is 3.24. The third-order valence-corrected chi connectivity index (χ3v) is 8.79. The molecule has 0 bridgehead atoms. The Morgan fingerprint density at radius 2 is 1.87 bits per heavy atom. The van der Waals surface area contributed by atoms with Gasteiger partial charge in [-0.3, -0.25) is 19.5 Å². The summed E-state index contributed by atoms with van der Waals surface area (Å²) in [5, 5.41) is 6.28. The van der Waals surface area contributed by atoms with Gasteiger partial charge < -0.3 is 10.6 Å². The number of nitrogens with zero attached hydrogens (tertiary/aromatic N) is 2. The second-order valence-electron chi connectivity index (χ2n) is 12.2. The van der Waals surface area contributed by atoms with E-state index in [1.54, 1.807) is 18.3 Å². The molecule has 2 unspecified atom stereocenters. The van der Waals surface area contributed by atoms with Crippen molar-refractivity contribution in [3.8, 4) is 0 Å². The summed E-state index contributed by atoms with van der Waals surface area (Å²) < 4.78 is 27.7. The van der Waals surface area contributed by atoms with Crippen LogP contribution in [0.4, 0.5) is 8.78 Å². The Kier molecular flexibility index (Phi) is 6.41. The van der Waals surface area contributed by atoms with Crippen LogP contribution in [0.1, 0.15) is 57.2 Å². The predicted octanol–water partition coefficient (Wildman–Crippen LogP) is 4.48. The molecular formula is C31H34F2N4O2.